The third-order valence-electron chi connectivity index (χ3n) is 6.74. The van der Waals surface area contributed by atoms with Crippen LogP contribution in [0.15, 0.2) is 54.7 Å². The summed E-state index contributed by atoms with van der Waals surface area (Å²) in [4.78, 5) is 47.6. The average Bonchev–Trinajstić information content (AvgIpc) is 2.93. The van der Waals surface area contributed by atoms with Gasteiger partial charge in [-0.1, -0.05) is 30.3 Å². The van der Waals surface area contributed by atoms with Crippen LogP contribution >= 0.6 is 24.8 Å². The predicted molar refractivity (Wildman–Crippen MR) is 152 cm³/mol. The van der Waals surface area contributed by atoms with Crippen LogP contribution in [0.3, 0.4) is 0 Å². The molecule has 1 aromatic heterocycles. The standard InChI is InChI=1S/C27H31N5O3.2ClH/c1-16-14-29-22-11-7-6-10-20(22)21(16)15-31-23-12-8-9-13-24(23)32(19(4)33)18(3)25(27(31)35)30-26(34)17(2)28-5;;/h6-14,17-18,25,28H,15H2,1-5H3,(H,30,34);2*1H/t17?,18-,25-;;/m0../s1. The summed E-state index contributed by atoms with van der Waals surface area (Å²) in [6.45, 7) is 7.24. The van der Waals surface area contributed by atoms with E-state index in [1.807, 2.05) is 61.7 Å². The molecule has 4 rings (SSSR count). The van der Waals surface area contributed by atoms with Crippen LogP contribution in [0.4, 0.5) is 11.4 Å². The monoisotopic (exact) mass is 545 g/mol. The molecule has 3 aromatic rings. The third-order valence-corrected chi connectivity index (χ3v) is 6.74. The topological polar surface area (TPSA) is 94.6 Å². The molecule has 10 heteroatoms. The van der Waals surface area contributed by atoms with Crippen molar-refractivity contribution in [2.75, 3.05) is 16.8 Å². The van der Waals surface area contributed by atoms with Gasteiger partial charge < -0.3 is 20.4 Å². The number of nitrogens with zero attached hydrogens (tertiary/aromatic N) is 3. The first-order valence-electron chi connectivity index (χ1n) is 11.8. The largest absolute Gasteiger partial charge is 0.341 e. The van der Waals surface area contributed by atoms with Crippen molar-refractivity contribution in [1.29, 1.82) is 0 Å². The molecule has 0 aliphatic carbocycles. The maximum Gasteiger partial charge on any atom is 0.252 e. The Bertz CT molecular complexity index is 1300. The van der Waals surface area contributed by atoms with Crippen molar-refractivity contribution in [2.24, 2.45) is 0 Å². The smallest absolute Gasteiger partial charge is 0.252 e. The molecule has 3 atom stereocenters. The Morgan fingerprint density at radius 2 is 1.68 bits per heavy atom. The molecule has 0 spiro atoms. The number of fused-ring (bicyclic) bond motifs is 2. The molecule has 1 aliphatic rings. The molecule has 0 radical (unpaired) electrons. The average molecular weight is 546 g/mol. The zero-order valence-corrected chi connectivity index (χ0v) is 23.2. The van der Waals surface area contributed by atoms with Gasteiger partial charge >= 0.3 is 0 Å². The van der Waals surface area contributed by atoms with Crippen LogP contribution in [0.25, 0.3) is 10.9 Å². The highest BCUT2D eigenvalue weighted by Gasteiger charge is 2.41. The Hall–Kier alpha value is -3.20. The maximum absolute atomic E-state index is 14.1. The van der Waals surface area contributed by atoms with Crippen LogP contribution in [0.5, 0.6) is 0 Å². The van der Waals surface area contributed by atoms with E-state index in [4.69, 9.17) is 0 Å². The van der Waals surface area contributed by atoms with E-state index in [2.05, 4.69) is 15.6 Å². The minimum atomic E-state index is -0.928. The first kappa shape index (κ1) is 30.0. The van der Waals surface area contributed by atoms with Crippen LogP contribution in [0.1, 0.15) is 31.9 Å². The molecule has 2 heterocycles. The molecule has 1 aliphatic heterocycles. The van der Waals surface area contributed by atoms with Crippen molar-refractivity contribution in [3.8, 4) is 0 Å². The van der Waals surface area contributed by atoms with E-state index in [-0.39, 0.29) is 49.1 Å². The molecule has 8 nitrogen and oxygen atoms in total. The van der Waals surface area contributed by atoms with Gasteiger partial charge in [-0.3, -0.25) is 19.4 Å². The van der Waals surface area contributed by atoms with Gasteiger partial charge in [0, 0.05) is 18.5 Å². The van der Waals surface area contributed by atoms with Gasteiger partial charge in [0.25, 0.3) is 5.91 Å². The molecule has 3 amide bonds. The fourth-order valence-corrected chi connectivity index (χ4v) is 4.63. The summed E-state index contributed by atoms with van der Waals surface area (Å²) in [5.74, 6) is -0.783. The van der Waals surface area contributed by atoms with E-state index in [1.165, 1.54) is 6.92 Å². The number of para-hydroxylation sites is 3. The molecular formula is C27H33Cl2N5O3. The lowest BCUT2D eigenvalue weighted by Gasteiger charge is -2.32. The van der Waals surface area contributed by atoms with Crippen molar-refractivity contribution in [1.82, 2.24) is 15.6 Å². The van der Waals surface area contributed by atoms with Crippen molar-refractivity contribution in [3.63, 3.8) is 0 Å². The normalized spacial score (nSPS) is 17.7. The Balaban J connectivity index is 0.00000241. The number of hydrogen-bond donors (Lipinski definition) is 2. The van der Waals surface area contributed by atoms with Crippen molar-refractivity contribution in [3.05, 3.63) is 65.9 Å². The van der Waals surface area contributed by atoms with E-state index < -0.39 is 18.1 Å². The summed E-state index contributed by atoms with van der Waals surface area (Å²) in [7, 11) is 1.68. The van der Waals surface area contributed by atoms with Gasteiger partial charge in [-0.05, 0) is 57.1 Å². The van der Waals surface area contributed by atoms with Gasteiger partial charge in [0.15, 0.2) is 0 Å². The molecular weight excluding hydrogens is 513 g/mol. The maximum atomic E-state index is 14.1. The van der Waals surface area contributed by atoms with Crippen molar-refractivity contribution < 1.29 is 14.4 Å². The number of likely N-dealkylation sites (N-methyl/N-ethyl adjacent to an activating group) is 1. The predicted octanol–water partition coefficient (Wildman–Crippen LogP) is 3.77. The molecule has 0 saturated carbocycles. The number of halogens is 2. The fraction of sp³-hybridized carbons (Fsp3) is 0.333. The summed E-state index contributed by atoms with van der Waals surface area (Å²) < 4.78 is 0. The van der Waals surface area contributed by atoms with Crippen LogP contribution < -0.4 is 20.4 Å². The quantitative estimate of drug-likeness (QED) is 0.508. The van der Waals surface area contributed by atoms with Gasteiger partial charge in [-0.25, -0.2) is 0 Å². The highest BCUT2D eigenvalue weighted by atomic mass is 35.5. The summed E-state index contributed by atoms with van der Waals surface area (Å²) in [5.41, 5.74) is 4.03. The number of benzene rings is 2. The van der Waals surface area contributed by atoms with Crippen LogP contribution in [-0.2, 0) is 20.9 Å². The number of aromatic nitrogens is 1. The number of pyridine rings is 1. The van der Waals surface area contributed by atoms with Gasteiger partial charge in [0.1, 0.15) is 6.04 Å². The van der Waals surface area contributed by atoms with Gasteiger partial charge in [0.2, 0.25) is 11.8 Å². The van der Waals surface area contributed by atoms with Gasteiger partial charge in [-0.15, -0.1) is 24.8 Å². The lowest BCUT2D eigenvalue weighted by Crippen LogP contribution is -2.59. The van der Waals surface area contributed by atoms with E-state index in [1.54, 1.807) is 30.7 Å². The number of rotatable bonds is 5. The number of anilines is 2. The fourth-order valence-electron chi connectivity index (χ4n) is 4.63. The zero-order chi connectivity index (χ0) is 25.3. The van der Waals surface area contributed by atoms with Gasteiger partial charge in [-0.2, -0.15) is 0 Å². The Morgan fingerprint density at radius 1 is 1.05 bits per heavy atom. The van der Waals surface area contributed by atoms with Crippen LogP contribution in [-0.4, -0.2) is 47.9 Å². The molecule has 0 saturated heterocycles. The number of carbonyl (C=O) groups excluding carboxylic acids is 3. The first-order valence-corrected chi connectivity index (χ1v) is 11.8. The Kier molecular flexibility index (Phi) is 10.0. The molecule has 0 bridgehead atoms. The SMILES string of the molecule is CNC(C)C(=O)N[C@@H]1C(=O)N(Cc2c(C)cnc3ccccc23)c2ccccc2N(C(C)=O)[C@H]1C.Cl.Cl. The second-order valence-corrected chi connectivity index (χ2v) is 8.98. The van der Waals surface area contributed by atoms with Crippen LogP contribution in [0.2, 0.25) is 0 Å². The lowest BCUT2D eigenvalue weighted by atomic mass is 10.0. The minimum absolute atomic E-state index is 0. The Labute approximate surface area is 229 Å². The van der Waals surface area contributed by atoms with Crippen molar-refractivity contribution >= 4 is 64.8 Å². The molecule has 2 N–H and O–H groups in total. The summed E-state index contributed by atoms with van der Waals surface area (Å²) in [5, 5.41) is 6.76. The van der Waals surface area contributed by atoms with E-state index in [0.29, 0.717) is 11.4 Å². The summed E-state index contributed by atoms with van der Waals surface area (Å²) in [6, 6.07) is 13.2. The highest BCUT2D eigenvalue weighted by molar-refractivity contribution is 6.08. The van der Waals surface area contributed by atoms with E-state index >= 15 is 0 Å². The van der Waals surface area contributed by atoms with Crippen LogP contribution in [0, 0.1) is 6.92 Å². The summed E-state index contributed by atoms with van der Waals surface area (Å²) >= 11 is 0. The van der Waals surface area contributed by atoms with Gasteiger partial charge in [0.05, 0.1) is 35.5 Å². The van der Waals surface area contributed by atoms with E-state index in [9.17, 15) is 14.4 Å². The zero-order valence-electron chi connectivity index (χ0n) is 21.5. The highest BCUT2D eigenvalue weighted by Crippen LogP contribution is 2.37. The molecule has 2 aromatic carbocycles. The number of nitrogens with one attached hydrogen (secondary N) is 2. The van der Waals surface area contributed by atoms with E-state index in [0.717, 1.165) is 22.0 Å². The summed E-state index contributed by atoms with van der Waals surface area (Å²) in [6.07, 6.45) is 1.81. The number of aryl methyl sites for hydroxylation is 1. The second-order valence-electron chi connectivity index (χ2n) is 8.98. The second kappa shape index (κ2) is 12.4. The molecule has 198 valence electrons. The number of carbonyl (C=O) groups is 3. The number of hydrogen-bond acceptors (Lipinski definition) is 5. The molecule has 0 fully saturated rings. The number of amides is 3. The molecule has 1 unspecified atom stereocenters. The molecule has 37 heavy (non-hydrogen) atoms. The van der Waals surface area contributed by atoms with Crippen molar-refractivity contribution in [2.45, 2.75) is 52.4 Å². The Morgan fingerprint density at radius 3 is 2.32 bits per heavy atom. The lowest BCUT2D eigenvalue weighted by molar-refractivity contribution is -0.129. The third kappa shape index (κ3) is 5.71. The first-order chi connectivity index (χ1) is 16.7. The minimum Gasteiger partial charge on any atom is -0.341 e.